The van der Waals surface area contributed by atoms with Crippen LogP contribution in [0, 0.1) is 10.1 Å². The fourth-order valence-corrected chi connectivity index (χ4v) is 2.04. The van der Waals surface area contributed by atoms with Gasteiger partial charge in [0.2, 0.25) is 0 Å². The summed E-state index contributed by atoms with van der Waals surface area (Å²) in [6.45, 7) is -0.0387. The van der Waals surface area contributed by atoms with E-state index in [4.69, 9.17) is 0 Å². The van der Waals surface area contributed by atoms with E-state index in [1.807, 2.05) is 24.3 Å². The Hall–Kier alpha value is -2.50. The Kier molecular flexibility index (Phi) is 2.41. The molecule has 0 aliphatic carbocycles. The monoisotopic (exact) mass is 239 g/mol. The van der Waals surface area contributed by atoms with Crippen LogP contribution >= 0.6 is 0 Å². The zero-order valence-corrected chi connectivity index (χ0v) is 9.46. The quantitative estimate of drug-likeness (QED) is 0.476. The topological polar surface area (TPSA) is 67.2 Å². The maximum absolute atomic E-state index is 10.6. The summed E-state index contributed by atoms with van der Waals surface area (Å²) in [6, 6.07) is 14.5. The van der Waals surface area contributed by atoms with Crippen LogP contribution in [0.4, 0.5) is 17.1 Å². The first-order chi connectivity index (χ1) is 8.74. The van der Waals surface area contributed by atoms with Gasteiger partial charge in [0, 0.05) is 23.5 Å². The van der Waals surface area contributed by atoms with Gasteiger partial charge in [0.25, 0.3) is 5.69 Å². The fourth-order valence-electron chi connectivity index (χ4n) is 2.04. The predicted octanol–water partition coefficient (Wildman–Crippen LogP) is 1.83. The minimum absolute atomic E-state index is 0.0387. The third-order valence-corrected chi connectivity index (χ3v) is 2.96. The van der Waals surface area contributed by atoms with E-state index in [9.17, 15) is 10.1 Å². The Labute approximate surface area is 104 Å². The van der Waals surface area contributed by atoms with Crippen LogP contribution in [-0.4, -0.2) is 11.9 Å². The number of nitrogens with one attached hydrogen (secondary N) is 2. The van der Waals surface area contributed by atoms with Crippen molar-refractivity contribution in [1.29, 1.82) is 0 Å². The van der Waals surface area contributed by atoms with E-state index < -0.39 is 4.92 Å². The lowest BCUT2D eigenvalue weighted by Gasteiger charge is -2.06. The molecular formula is C12H10BN3O2. The molecule has 5 nitrogen and oxygen atoms in total. The van der Waals surface area contributed by atoms with Crippen LogP contribution in [0.15, 0.2) is 48.5 Å². The summed E-state index contributed by atoms with van der Waals surface area (Å²) in [5.74, 6) is 0. The maximum atomic E-state index is 10.6. The number of nitro groups is 1. The summed E-state index contributed by atoms with van der Waals surface area (Å²) in [6.07, 6.45) is 0. The van der Waals surface area contributed by atoms with Crippen LogP contribution in [0.3, 0.4) is 0 Å². The summed E-state index contributed by atoms with van der Waals surface area (Å²) in [5, 5.41) is 17.2. The molecule has 0 amide bonds. The van der Waals surface area contributed by atoms with Gasteiger partial charge in [-0.05, 0) is 17.6 Å². The number of fused-ring (bicyclic) bond motifs is 1. The minimum Gasteiger partial charge on any atom is -0.404 e. The molecular weight excluding hydrogens is 229 g/mol. The number of hydrogen-bond donors (Lipinski definition) is 2. The lowest BCUT2D eigenvalue weighted by molar-refractivity contribution is -0.384. The van der Waals surface area contributed by atoms with Crippen molar-refractivity contribution in [2.24, 2.45) is 0 Å². The van der Waals surface area contributed by atoms with Gasteiger partial charge in [0.1, 0.15) is 0 Å². The number of non-ortho nitro benzene ring substituents is 1. The summed E-state index contributed by atoms with van der Waals surface area (Å²) in [7, 11) is 0. The van der Waals surface area contributed by atoms with E-state index in [-0.39, 0.29) is 12.7 Å². The van der Waals surface area contributed by atoms with Crippen LogP contribution < -0.4 is 15.9 Å². The molecule has 2 aromatic rings. The van der Waals surface area contributed by atoms with E-state index in [0.29, 0.717) is 0 Å². The minimum atomic E-state index is -0.395. The first-order valence-electron chi connectivity index (χ1n) is 5.60. The summed E-state index contributed by atoms with van der Waals surface area (Å²) in [4.78, 5) is 10.2. The summed E-state index contributed by atoms with van der Waals surface area (Å²) in [5.41, 5.74) is 3.16. The average Bonchev–Trinajstić information content (AvgIpc) is 2.82. The van der Waals surface area contributed by atoms with Crippen molar-refractivity contribution in [3.05, 3.63) is 58.6 Å². The molecule has 0 spiro atoms. The third kappa shape index (κ3) is 1.77. The van der Waals surface area contributed by atoms with Crippen molar-refractivity contribution in [3.63, 3.8) is 0 Å². The van der Waals surface area contributed by atoms with E-state index in [2.05, 4.69) is 10.5 Å². The Morgan fingerprint density at radius 3 is 2.00 bits per heavy atom. The number of rotatable bonds is 2. The summed E-state index contributed by atoms with van der Waals surface area (Å²) >= 11 is 0. The van der Waals surface area contributed by atoms with Crippen molar-refractivity contribution in [2.45, 2.75) is 0 Å². The van der Waals surface area contributed by atoms with Crippen LogP contribution in [0.5, 0.6) is 0 Å². The second-order valence-corrected chi connectivity index (χ2v) is 4.12. The van der Waals surface area contributed by atoms with Gasteiger partial charge in [-0.1, -0.05) is 24.3 Å². The molecule has 0 unspecified atom stereocenters. The molecule has 0 bridgehead atoms. The summed E-state index contributed by atoms with van der Waals surface area (Å²) < 4.78 is 0. The Morgan fingerprint density at radius 2 is 1.50 bits per heavy atom. The number of para-hydroxylation sites is 2. The average molecular weight is 239 g/mol. The predicted molar refractivity (Wildman–Crippen MR) is 72.2 cm³/mol. The van der Waals surface area contributed by atoms with Crippen molar-refractivity contribution in [1.82, 2.24) is 0 Å². The smallest absolute Gasteiger partial charge is 0.404 e. The highest BCUT2D eigenvalue weighted by molar-refractivity contribution is 6.80. The van der Waals surface area contributed by atoms with Crippen LogP contribution in [0.2, 0.25) is 0 Å². The third-order valence-electron chi connectivity index (χ3n) is 2.96. The van der Waals surface area contributed by atoms with Gasteiger partial charge in [0.15, 0.2) is 0 Å². The second kappa shape index (κ2) is 4.07. The highest BCUT2D eigenvalue weighted by Gasteiger charge is 2.26. The Bertz CT molecular complexity index is 576. The highest BCUT2D eigenvalue weighted by Crippen LogP contribution is 2.26. The molecule has 0 aromatic heterocycles. The van der Waals surface area contributed by atoms with Gasteiger partial charge in [-0.25, -0.2) is 0 Å². The fraction of sp³-hybridized carbons (Fsp3) is 0. The molecule has 0 fully saturated rings. The molecule has 3 rings (SSSR count). The zero-order chi connectivity index (χ0) is 12.5. The molecule has 1 heterocycles. The van der Waals surface area contributed by atoms with E-state index in [0.717, 1.165) is 16.8 Å². The van der Waals surface area contributed by atoms with Crippen LogP contribution in [-0.2, 0) is 0 Å². The van der Waals surface area contributed by atoms with Gasteiger partial charge in [-0.15, -0.1) is 0 Å². The van der Waals surface area contributed by atoms with Gasteiger partial charge < -0.3 is 10.5 Å². The van der Waals surface area contributed by atoms with Crippen molar-refractivity contribution in [2.75, 3.05) is 10.5 Å². The van der Waals surface area contributed by atoms with Crippen molar-refractivity contribution >= 4 is 29.5 Å². The standard InChI is InChI=1S/C12H10BN3O2/c17-16(18)10-7-5-9(6-8-10)13-14-11-3-1-2-4-12(11)15-13/h1-8,14-15H. The molecule has 0 atom stereocenters. The van der Waals surface area contributed by atoms with Crippen molar-refractivity contribution < 1.29 is 4.92 Å². The van der Waals surface area contributed by atoms with E-state index >= 15 is 0 Å². The molecule has 6 heteroatoms. The normalized spacial score (nSPS) is 12.6. The lowest BCUT2D eigenvalue weighted by Crippen LogP contribution is -2.41. The molecule has 0 radical (unpaired) electrons. The number of anilines is 2. The largest absolute Gasteiger partial charge is 0.406 e. The number of nitrogens with zero attached hydrogens (tertiary/aromatic N) is 1. The van der Waals surface area contributed by atoms with Crippen molar-refractivity contribution in [3.8, 4) is 0 Å². The molecule has 0 saturated heterocycles. The molecule has 18 heavy (non-hydrogen) atoms. The van der Waals surface area contributed by atoms with Crippen LogP contribution in [0.25, 0.3) is 0 Å². The van der Waals surface area contributed by atoms with Gasteiger partial charge in [-0.3, -0.25) is 10.1 Å². The first-order valence-corrected chi connectivity index (χ1v) is 5.60. The Balaban J connectivity index is 1.84. The lowest BCUT2D eigenvalue weighted by atomic mass is 9.69. The SMILES string of the molecule is O=[N+]([O-])c1ccc(B2Nc3ccccc3N2)cc1. The zero-order valence-electron chi connectivity index (χ0n) is 9.46. The van der Waals surface area contributed by atoms with Gasteiger partial charge in [-0.2, -0.15) is 0 Å². The van der Waals surface area contributed by atoms with Gasteiger partial charge in [0.05, 0.1) is 4.92 Å². The number of benzene rings is 2. The first kappa shape index (κ1) is 10.6. The number of nitro benzene ring substituents is 1. The van der Waals surface area contributed by atoms with Gasteiger partial charge >= 0.3 is 6.98 Å². The number of hydrogen-bond acceptors (Lipinski definition) is 4. The molecule has 2 N–H and O–H groups in total. The molecule has 1 aliphatic heterocycles. The van der Waals surface area contributed by atoms with E-state index in [1.54, 1.807) is 12.1 Å². The molecule has 2 aromatic carbocycles. The molecule has 0 saturated carbocycles. The Morgan fingerprint density at radius 1 is 0.944 bits per heavy atom. The van der Waals surface area contributed by atoms with E-state index in [1.165, 1.54) is 12.1 Å². The highest BCUT2D eigenvalue weighted by atomic mass is 16.6. The van der Waals surface area contributed by atoms with Crippen LogP contribution in [0.1, 0.15) is 0 Å². The maximum Gasteiger partial charge on any atom is 0.406 e. The molecule has 88 valence electrons. The molecule has 1 aliphatic rings. The second-order valence-electron chi connectivity index (χ2n) is 4.12.